The number of nitrogens with two attached hydrogens (primary N) is 1. The van der Waals surface area contributed by atoms with Crippen LogP contribution >= 0.6 is 24.2 Å². The van der Waals surface area contributed by atoms with E-state index in [1.807, 2.05) is 19.1 Å². The van der Waals surface area contributed by atoms with Crippen molar-refractivity contribution in [3.05, 3.63) is 52.3 Å². The normalized spacial score (nSPS) is 18.7. The Morgan fingerprint density at radius 2 is 1.75 bits per heavy atom. The second-order valence-corrected chi connectivity index (χ2v) is 7.62. The molecule has 0 aliphatic carbocycles. The molecule has 0 spiro atoms. The van der Waals surface area contributed by atoms with Crippen LogP contribution in [0.25, 0.3) is 0 Å². The molecule has 0 saturated heterocycles. The number of ether oxygens (including phenoxy) is 1. The van der Waals surface area contributed by atoms with Crippen LogP contribution in [0.5, 0.6) is 5.75 Å². The lowest BCUT2D eigenvalue weighted by atomic mass is 9.93. The van der Waals surface area contributed by atoms with Crippen LogP contribution in [0.15, 0.2) is 29.2 Å². The van der Waals surface area contributed by atoms with Crippen LogP contribution < -0.4 is 10.5 Å². The Bertz CT molecular complexity index is 724. The predicted molar refractivity (Wildman–Crippen MR) is 102 cm³/mol. The molecule has 24 heavy (non-hydrogen) atoms. The van der Waals surface area contributed by atoms with Crippen LogP contribution in [0, 0.1) is 26.6 Å². The Balaban J connectivity index is 0.00000208. The van der Waals surface area contributed by atoms with Gasteiger partial charge in [-0.1, -0.05) is 0 Å². The van der Waals surface area contributed by atoms with Crippen LogP contribution in [0.3, 0.4) is 0 Å². The summed E-state index contributed by atoms with van der Waals surface area (Å²) in [6.45, 7) is 8.32. The number of rotatable bonds is 3. The van der Waals surface area contributed by atoms with Gasteiger partial charge in [-0.3, -0.25) is 0 Å². The number of thioether (sulfide) groups is 1. The van der Waals surface area contributed by atoms with Crippen molar-refractivity contribution in [2.45, 2.75) is 44.6 Å². The third kappa shape index (κ3) is 3.35. The zero-order valence-corrected chi connectivity index (χ0v) is 16.0. The number of hydrogen-bond acceptors (Lipinski definition) is 3. The second-order valence-electron chi connectivity index (χ2n) is 6.57. The zero-order chi connectivity index (χ0) is 16.8. The van der Waals surface area contributed by atoms with E-state index >= 15 is 0 Å². The van der Waals surface area contributed by atoms with Gasteiger partial charge >= 0.3 is 0 Å². The predicted octanol–water partition coefficient (Wildman–Crippen LogP) is 5.24. The van der Waals surface area contributed by atoms with Crippen LogP contribution in [-0.2, 0) is 6.42 Å². The molecule has 1 atom stereocenters. The smallest absolute Gasteiger partial charge is 0.127 e. The third-order valence-electron chi connectivity index (χ3n) is 4.69. The first kappa shape index (κ1) is 18.9. The van der Waals surface area contributed by atoms with E-state index in [0.29, 0.717) is 0 Å². The number of benzene rings is 2. The average molecular weight is 368 g/mol. The minimum atomic E-state index is -0.267. The highest BCUT2D eigenvalue weighted by Gasteiger charge is 2.37. The first-order chi connectivity index (χ1) is 10.8. The molecule has 0 aromatic heterocycles. The molecule has 5 heteroatoms. The first-order valence-corrected chi connectivity index (χ1v) is 8.75. The molecule has 0 radical (unpaired) electrons. The number of fused-ring (bicyclic) bond motifs is 1. The van der Waals surface area contributed by atoms with Gasteiger partial charge in [0.2, 0.25) is 0 Å². The Morgan fingerprint density at radius 3 is 2.38 bits per heavy atom. The van der Waals surface area contributed by atoms with Crippen molar-refractivity contribution in [2.75, 3.05) is 11.5 Å². The van der Waals surface area contributed by atoms with Gasteiger partial charge in [-0.15, -0.1) is 24.2 Å². The molecule has 0 bridgehead atoms. The summed E-state index contributed by atoms with van der Waals surface area (Å²) in [7, 11) is 0. The summed E-state index contributed by atoms with van der Waals surface area (Å²) in [5.41, 5.74) is 11.4. The highest BCUT2D eigenvalue weighted by Crippen LogP contribution is 2.45. The molecule has 0 amide bonds. The Kier molecular flexibility index (Phi) is 5.41. The average Bonchev–Trinajstić information content (AvgIpc) is 2.89. The molecule has 130 valence electrons. The molecule has 2 nitrogen and oxygen atoms in total. The summed E-state index contributed by atoms with van der Waals surface area (Å²) in [6.07, 6.45) is 0.855. The monoisotopic (exact) mass is 367 g/mol. The summed E-state index contributed by atoms with van der Waals surface area (Å²) in [5.74, 6) is 1.60. The quantitative estimate of drug-likeness (QED) is 0.595. The third-order valence-corrected chi connectivity index (χ3v) is 6.06. The minimum absolute atomic E-state index is 0. The van der Waals surface area contributed by atoms with Crippen molar-refractivity contribution < 1.29 is 9.13 Å². The zero-order valence-electron chi connectivity index (χ0n) is 14.4. The van der Waals surface area contributed by atoms with E-state index < -0.39 is 0 Å². The van der Waals surface area contributed by atoms with E-state index in [1.54, 1.807) is 11.8 Å². The van der Waals surface area contributed by atoms with Gasteiger partial charge in [0, 0.05) is 28.3 Å². The van der Waals surface area contributed by atoms with Crippen molar-refractivity contribution in [2.24, 2.45) is 0 Å². The summed E-state index contributed by atoms with van der Waals surface area (Å²) >= 11 is 1.69. The first-order valence-electron chi connectivity index (χ1n) is 7.76. The largest absolute Gasteiger partial charge is 0.486 e. The molecule has 0 saturated carbocycles. The van der Waals surface area contributed by atoms with Gasteiger partial charge in [-0.25, -0.2) is 4.39 Å². The Hall–Kier alpha value is -1.39. The molecular formula is C19H23ClFNOS. The lowest BCUT2D eigenvalue weighted by molar-refractivity contribution is 0.143. The van der Waals surface area contributed by atoms with Gasteiger partial charge in [0.15, 0.2) is 0 Å². The summed E-state index contributed by atoms with van der Waals surface area (Å²) < 4.78 is 19.3. The molecule has 0 fully saturated rings. The molecule has 1 aliphatic rings. The second kappa shape index (κ2) is 6.85. The molecular weight excluding hydrogens is 345 g/mol. The molecule has 1 unspecified atom stereocenters. The number of hydrogen-bond donors (Lipinski definition) is 1. The van der Waals surface area contributed by atoms with Crippen molar-refractivity contribution >= 4 is 29.9 Å². The molecule has 2 aromatic rings. The summed E-state index contributed by atoms with van der Waals surface area (Å²) in [5, 5.41) is 0. The van der Waals surface area contributed by atoms with Crippen LogP contribution in [0.1, 0.15) is 29.2 Å². The van der Waals surface area contributed by atoms with E-state index in [2.05, 4.69) is 20.8 Å². The van der Waals surface area contributed by atoms with Gasteiger partial charge in [-0.05, 0) is 68.7 Å². The SMILES string of the molecule is Cc1c(C)c2c(c(C)c1N)CC(C)(CSc1ccc(F)cc1)O2.Cl. The van der Waals surface area contributed by atoms with Crippen LogP contribution in [-0.4, -0.2) is 11.4 Å². The van der Waals surface area contributed by atoms with E-state index in [1.165, 1.54) is 17.7 Å². The van der Waals surface area contributed by atoms with Crippen molar-refractivity contribution in [1.82, 2.24) is 0 Å². The van der Waals surface area contributed by atoms with Gasteiger partial charge < -0.3 is 10.5 Å². The molecule has 3 rings (SSSR count). The fourth-order valence-electron chi connectivity index (χ4n) is 3.07. The lowest BCUT2D eigenvalue weighted by Gasteiger charge is -2.24. The van der Waals surface area contributed by atoms with Crippen molar-refractivity contribution in [3.8, 4) is 5.75 Å². The van der Waals surface area contributed by atoms with E-state index in [-0.39, 0.29) is 23.8 Å². The number of nitrogen functional groups attached to an aromatic ring is 1. The topological polar surface area (TPSA) is 35.2 Å². The van der Waals surface area contributed by atoms with Crippen LogP contribution in [0.4, 0.5) is 10.1 Å². The van der Waals surface area contributed by atoms with Gasteiger partial charge in [0.05, 0.1) is 0 Å². The molecule has 1 aliphatic heterocycles. The lowest BCUT2D eigenvalue weighted by Crippen LogP contribution is -2.33. The maximum atomic E-state index is 13.0. The minimum Gasteiger partial charge on any atom is -0.486 e. The fraction of sp³-hybridized carbons (Fsp3) is 0.368. The number of anilines is 1. The van der Waals surface area contributed by atoms with Crippen LogP contribution in [0.2, 0.25) is 0 Å². The molecule has 2 N–H and O–H groups in total. The Morgan fingerprint density at radius 1 is 1.12 bits per heavy atom. The van der Waals surface area contributed by atoms with Gasteiger partial charge in [-0.2, -0.15) is 0 Å². The highest BCUT2D eigenvalue weighted by molar-refractivity contribution is 7.99. The van der Waals surface area contributed by atoms with Crippen molar-refractivity contribution in [1.29, 1.82) is 0 Å². The summed E-state index contributed by atoms with van der Waals surface area (Å²) in [6, 6.07) is 6.61. The van der Waals surface area contributed by atoms with Gasteiger partial charge in [0.1, 0.15) is 17.2 Å². The highest BCUT2D eigenvalue weighted by atomic mass is 35.5. The van der Waals surface area contributed by atoms with E-state index in [4.69, 9.17) is 10.5 Å². The number of halogens is 2. The van der Waals surface area contributed by atoms with E-state index in [0.717, 1.165) is 45.2 Å². The fourth-order valence-corrected chi connectivity index (χ4v) is 4.03. The van der Waals surface area contributed by atoms with Crippen molar-refractivity contribution in [3.63, 3.8) is 0 Å². The molecule has 1 heterocycles. The summed E-state index contributed by atoms with van der Waals surface area (Å²) in [4.78, 5) is 1.05. The molecule has 2 aromatic carbocycles. The van der Waals surface area contributed by atoms with Gasteiger partial charge in [0.25, 0.3) is 0 Å². The maximum absolute atomic E-state index is 13.0. The Labute approximate surface area is 153 Å². The standard InChI is InChI=1S/C19H22FNOS.ClH/c1-11-12(2)18-16(13(3)17(11)21)9-19(4,22-18)10-23-15-7-5-14(20)6-8-15;/h5-8H,9-10,21H2,1-4H3;1H. The van der Waals surface area contributed by atoms with E-state index in [9.17, 15) is 4.39 Å². The maximum Gasteiger partial charge on any atom is 0.127 e.